The fraction of sp³-hybridized carbons (Fsp3) is 0.294. The number of H-pyrrole nitrogens is 1. The predicted molar refractivity (Wildman–Crippen MR) is 85.4 cm³/mol. The summed E-state index contributed by atoms with van der Waals surface area (Å²) in [7, 11) is 0. The minimum Gasteiger partial charge on any atom is -0.310 e. The standard InChI is InChI=1S/C17H19N3O/c1-9-6-10(2)15(11(3)7-9)20-8-12(4)14-16(20)18-13(5)19-17(14)21/h6-8H,1-5H3,(H,18,19,21). The van der Waals surface area contributed by atoms with Gasteiger partial charge in [0.25, 0.3) is 5.56 Å². The normalized spacial score (nSPS) is 11.3. The van der Waals surface area contributed by atoms with Gasteiger partial charge in [0.05, 0.1) is 11.1 Å². The van der Waals surface area contributed by atoms with Crippen LogP contribution in [0.25, 0.3) is 16.7 Å². The summed E-state index contributed by atoms with van der Waals surface area (Å²) in [5, 5.41) is 0.667. The fourth-order valence-corrected chi connectivity index (χ4v) is 3.14. The first kappa shape index (κ1) is 13.6. The molecule has 1 N–H and O–H groups in total. The molecule has 108 valence electrons. The number of nitrogens with one attached hydrogen (secondary N) is 1. The first-order chi connectivity index (χ1) is 9.88. The van der Waals surface area contributed by atoms with Gasteiger partial charge in [0.1, 0.15) is 5.82 Å². The molecule has 2 heterocycles. The van der Waals surface area contributed by atoms with Gasteiger partial charge in [0, 0.05) is 6.20 Å². The summed E-state index contributed by atoms with van der Waals surface area (Å²) in [5.41, 5.74) is 6.31. The van der Waals surface area contributed by atoms with Crippen LogP contribution in [0.5, 0.6) is 0 Å². The molecule has 0 aliphatic rings. The molecular weight excluding hydrogens is 262 g/mol. The molecule has 0 bridgehead atoms. The molecule has 1 aromatic carbocycles. The summed E-state index contributed by atoms with van der Waals surface area (Å²) in [6, 6.07) is 4.31. The van der Waals surface area contributed by atoms with Gasteiger partial charge in [0.2, 0.25) is 0 Å². The van der Waals surface area contributed by atoms with E-state index in [4.69, 9.17) is 0 Å². The molecule has 0 unspecified atom stereocenters. The molecule has 3 rings (SSSR count). The van der Waals surface area contributed by atoms with Crippen molar-refractivity contribution in [2.75, 3.05) is 0 Å². The van der Waals surface area contributed by atoms with Gasteiger partial charge in [-0.25, -0.2) is 4.98 Å². The number of hydrogen-bond donors (Lipinski definition) is 1. The lowest BCUT2D eigenvalue weighted by Gasteiger charge is -2.13. The van der Waals surface area contributed by atoms with E-state index in [-0.39, 0.29) is 5.56 Å². The number of aromatic amines is 1. The molecule has 0 fully saturated rings. The number of rotatable bonds is 1. The maximum absolute atomic E-state index is 12.2. The van der Waals surface area contributed by atoms with Gasteiger partial charge < -0.3 is 9.55 Å². The van der Waals surface area contributed by atoms with Crippen LogP contribution in [0, 0.1) is 34.6 Å². The van der Waals surface area contributed by atoms with Crippen molar-refractivity contribution in [1.29, 1.82) is 0 Å². The Morgan fingerprint density at radius 1 is 1.00 bits per heavy atom. The highest BCUT2D eigenvalue weighted by atomic mass is 16.1. The van der Waals surface area contributed by atoms with E-state index in [1.54, 1.807) is 0 Å². The third-order valence-electron chi connectivity index (χ3n) is 3.84. The van der Waals surface area contributed by atoms with Crippen LogP contribution in [0.2, 0.25) is 0 Å². The van der Waals surface area contributed by atoms with Crippen molar-refractivity contribution in [1.82, 2.24) is 14.5 Å². The van der Waals surface area contributed by atoms with Crippen molar-refractivity contribution in [3.63, 3.8) is 0 Å². The van der Waals surface area contributed by atoms with Crippen LogP contribution in [0.3, 0.4) is 0 Å². The summed E-state index contributed by atoms with van der Waals surface area (Å²) in [6.45, 7) is 10.0. The summed E-state index contributed by atoms with van der Waals surface area (Å²) in [4.78, 5) is 19.5. The van der Waals surface area contributed by atoms with Gasteiger partial charge in [-0.1, -0.05) is 17.7 Å². The minimum atomic E-state index is -0.0730. The summed E-state index contributed by atoms with van der Waals surface area (Å²) in [5.74, 6) is 0.634. The van der Waals surface area contributed by atoms with E-state index in [9.17, 15) is 4.79 Å². The van der Waals surface area contributed by atoms with E-state index >= 15 is 0 Å². The number of hydrogen-bond acceptors (Lipinski definition) is 2. The Morgan fingerprint density at radius 3 is 2.24 bits per heavy atom. The van der Waals surface area contributed by atoms with Crippen LogP contribution in [0.15, 0.2) is 23.1 Å². The van der Waals surface area contributed by atoms with Crippen LogP contribution in [-0.4, -0.2) is 14.5 Å². The molecule has 21 heavy (non-hydrogen) atoms. The minimum absolute atomic E-state index is 0.0730. The van der Waals surface area contributed by atoms with E-state index in [2.05, 4.69) is 42.9 Å². The zero-order chi connectivity index (χ0) is 15.3. The number of nitrogens with zero attached hydrogens (tertiary/aromatic N) is 2. The first-order valence-corrected chi connectivity index (χ1v) is 7.05. The molecule has 2 aromatic heterocycles. The maximum atomic E-state index is 12.2. The van der Waals surface area contributed by atoms with Crippen molar-refractivity contribution >= 4 is 11.0 Å². The Kier molecular flexibility index (Phi) is 2.97. The predicted octanol–water partition coefficient (Wildman–Crippen LogP) is 3.26. The van der Waals surface area contributed by atoms with Gasteiger partial charge >= 0.3 is 0 Å². The van der Waals surface area contributed by atoms with Gasteiger partial charge in [-0.15, -0.1) is 0 Å². The highest BCUT2D eigenvalue weighted by Crippen LogP contribution is 2.26. The van der Waals surface area contributed by atoms with E-state index in [1.165, 1.54) is 16.7 Å². The second-order valence-electron chi connectivity index (χ2n) is 5.78. The average Bonchev–Trinajstić information content (AvgIpc) is 2.65. The second-order valence-corrected chi connectivity index (χ2v) is 5.78. The van der Waals surface area contributed by atoms with E-state index in [1.807, 2.05) is 24.6 Å². The monoisotopic (exact) mass is 281 g/mol. The summed E-state index contributed by atoms with van der Waals surface area (Å²) >= 11 is 0. The van der Waals surface area contributed by atoms with Crippen molar-refractivity contribution in [2.24, 2.45) is 0 Å². The van der Waals surface area contributed by atoms with Crippen LogP contribution < -0.4 is 5.56 Å². The van der Waals surface area contributed by atoms with Crippen molar-refractivity contribution in [2.45, 2.75) is 34.6 Å². The number of aromatic nitrogens is 3. The van der Waals surface area contributed by atoms with Crippen molar-refractivity contribution in [3.8, 4) is 5.69 Å². The van der Waals surface area contributed by atoms with Gasteiger partial charge in [-0.3, -0.25) is 4.79 Å². The van der Waals surface area contributed by atoms with E-state index in [0.717, 1.165) is 16.9 Å². The molecule has 0 radical (unpaired) electrons. The molecule has 0 aliphatic carbocycles. The highest BCUT2D eigenvalue weighted by Gasteiger charge is 2.15. The van der Waals surface area contributed by atoms with E-state index in [0.29, 0.717) is 11.2 Å². The first-order valence-electron chi connectivity index (χ1n) is 7.05. The lowest BCUT2D eigenvalue weighted by Crippen LogP contribution is -2.11. The van der Waals surface area contributed by atoms with Gasteiger partial charge in [-0.2, -0.15) is 0 Å². The molecule has 0 amide bonds. The number of fused-ring (bicyclic) bond motifs is 1. The third-order valence-corrected chi connectivity index (χ3v) is 3.84. The number of benzene rings is 1. The van der Waals surface area contributed by atoms with Crippen LogP contribution in [0.1, 0.15) is 28.1 Å². The van der Waals surface area contributed by atoms with Crippen LogP contribution in [0.4, 0.5) is 0 Å². The molecule has 4 nitrogen and oxygen atoms in total. The largest absolute Gasteiger partial charge is 0.310 e. The summed E-state index contributed by atoms with van der Waals surface area (Å²) < 4.78 is 2.04. The molecular formula is C17H19N3O. The smallest absolute Gasteiger partial charge is 0.260 e. The number of aryl methyl sites for hydroxylation is 5. The molecule has 0 saturated heterocycles. The quantitative estimate of drug-likeness (QED) is 0.744. The average molecular weight is 281 g/mol. The zero-order valence-electron chi connectivity index (χ0n) is 13.0. The molecule has 3 aromatic rings. The topological polar surface area (TPSA) is 50.7 Å². The summed E-state index contributed by atoms with van der Waals surface area (Å²) in [6.07, 6.45) is 2.00. The Bertz CT molecular complexity index is 893. The second kappa shape index (κ2) is 4.58. The van der Waals surface area contributed by atoms with Crippen LogP contribution >= 0.6 is 0 Å². The van der Waals surface area contributed by atoms with Gasteiger partial charge in [-0.05, 0) is 51.3 Å². The lowest BCUT2D eigenvalue weighted by molar-refractivity contribution is 0.998. The van der Waals surface area contributed by atoms with Crippen molar-refractivity contribution in [3.05, 3.63) is 56.8 Å². The molecule has 0 atom stereocenters. The Morgan fingerprint density at radius 2 is 1.62 bits per heavy atom. The van der Waals surface area contributed by atoms with Gasteiger partial charge in [0.15, 0.2) is 5.65 Å². The molecule has 0 saturated carbocycles. The van der Waals surface area contributed by atoms with E-state index < -0.39 is 0 Å². The Hall–Kier alpha value is -2.36. The maximum Gasteiger partial charge on any atom is 0.260 e. The van der Waals surface area contributed by atoms with Crippen LogP contribution in [-0.2, 0) is 0 Å². The third kappa shape index (κ3) is 2.07. The molecule has 0 spiro atoms. The molecule has 0 aliphatic heterocycles. The highest BCUT2D eigenvalue weighted by molar-refractivity contribution is 5.81. The SMILES string of the molecule is Cc1cc(C)c(-n2cc(C)c3c(=O)[nH]c(C)nc32)c(C)c1. The Labute approximate surface area is 123 Å². The lowest BCUT2D eigenvalue weighted by atomic mass is 10.1. The van der Waals surface area contributed by atoms with Crippen molar-refractivity contribution < 1.29 is 0 Å². The molecule has 4 heteroatoms. The fourth-order valence-electron chi connectivity index (χ4n) is 3.14. The zero-order valence-corrected chi connectivity index (χ0v) is 13.0. The Balaban J connectivity index is 2.45.